The number of anilines is 1. The summed E-state index contributed by atoms with van der Waals surface area (Å²) in [4.78, 5) is 28.2. The molecule has 0 atom stereocenters. The molecule has 1 fully saturated rings. The number of carbonyl (C=O) groups excluding carboxylic acids is 2. The molecule has 27 heavy (non-hydrogen) atoms. The second-order valence-corrected chi connectivity index (χ2v) is 7.24. The summed E-state index contributed by atoms with van der Waals surface area (Å²) in [6.07, 6.45) is 0.948. The quantitative estimate of drug-likeness (QED) is 0.874. The average Bonchev–Trinajstić information content (AvgIpc) is 2.89. The standard InChI is InChI=1S/C21H24ClN3O2/c1-16(26)23-20-9-5-18(6-10-20)21(27)25-12-2-11-24(13-14-25)15-17-3-7-19(22)8-4-17/h3-10H,2,11-15H2,1H3,(H,23,26). The first kappa shape index (κ1) is 19.4. The number of rotatable bonds is 4. The van der Waals surface area contributed by atoms with Gasteiger partial charge in [0, 0.05) is 55.9 Å². The molecular weight excluding hydrogens is 362 g/mol. The van der Waals surface area contributed by atoms with Gasteiger partial charge in [0.1, 0.15) is 0 Å². The Labute approximate surface area is 164 Å². The molecule has 1 saturated heterocycles. The maximum absolute atomic E-state index is 12.8. The fraction of sp³-hybridized carbons (Fsp3) is 0.333. The number of hydrogen-bond donors (Lipinski definition) is 1. The minimum Gasteiger partial charge on any atom is -0.337 e. The maximum Gasteiger partial charge on any atom is 0.253 e. The SMILES string of the molecule is CC(=O)Nc1ccc(C(=O)N2CCCN(Cc3ccc(Cl)cc3)CC2)cc1. The normalized spacial score (nSPS) is 15.3. The molecule has 0 unspecified atom stereocenters. The van der Waals surface area contributed by atoms with Gasteiger partial charge < -0.3 is 10.2 Å². The number of amides is 2. The Bertz CT molecular complexity index is 790. The molecule has 0 aromatic heterocycles. The summed E-state index contributed by atoms with van der Waals surface area (Å²) in [5.74, 6) is -0.0832. The zero-order valence-corrected chi connectivity index (χ0v) is 16.2. The van der Waals surface area contributed by atoms with Gasteiger partial charge in [-0.2, -0.15) is 0 Å². The highest BCUT2D eigenvalue weighted by Gasteiger charge is 2.20. The van der Waals surface area contributed by atoms with Crippen molar-refractivity contribution >= 4 is 29.1 Å². The zero-order chi connectivity index (χ0) is 19.2. The number of carbonyl (C=O) groups is 2. The van der Waals surface area contributed by atoms with Gasteiger partial charge in [-0.05, 0) is 48.4 Å². The fourth-order valence-electron chi connectivity index (χ4n) is 3.26. The first-order chi connectivity index (χ1) is 13.0. The molecular formula is C21H24ClN3O2. The van der Waals surface area contributed by atoms with Gasteiger partial charge in [0.15, 0.2) is 0 Å². The highest BCUT2D eigenvalue weighted by atomic mass is 35.5. The van der Waals surface area contributed by atoms with Crippen LogP contribution in [0, 0.1) is 0 Å². The molecule has 2 amide bonds. The lowest BCUT2D eigenvalue weighted by atomic mass is 10.1. The summed E-state index contributed by atoms with van der Waals surface area (Å²) in [6, 6.07) is 15.0. The Hall–Kier alpha value is -2.37. The van der Waals surface area contributed by atoms with Gasteiger partial charge in [-0.15, -0.1) is 0 Å². The number of halogens is 1. The van der Waals surface area contributed by atoms with E-state index in [-0.39, 0.29) is 11.8 Å². The van der Waals surface area contributed by atoms with Crippen molar-refractivity contribution in [2.45, 2.75) is 19.9 Å². The minimum absolute atomic E-state index is 0.0396. The third kappa shape index (κ3) is 5.55. The van der Waals surface area contributed by atoms with Crippen LogP contribution in [0.4, 0.5) is 5.69 Å². The first-order valence-electron chi connectivity index (χ1n) is 9.15. The zero-order valence-electron chi connectivity index (χ0n) is 15.5. The Morgan fingerprint density at radius 2 is 1.67 bits per heavy atom. The molecule has 1 aliphatic rings. The highest BCUT2D eigenvalue weighted by molar-refractivity contribution is 6.30. The van der Waals surface area contributed by atoms with E-state index >= 15 is 0 Å². The molecule has 0 aliphatic carbocycles. The Balaban J connectivity index is 1.57. The van der Waals surface area contributed by atoms with E-state index in [1.807, 2.05) is 29.2 Å². The van der Waals surface area contributed by atoms with Crippen LogP contribution in [0.5, 0.6) is 0 Å². The van der Waals surface area contributed by atoms with Crippen molar-refractivity contribution in [2.75, 3.05) is 31.5 Å². The largest absolute Gasteiger partial charge is 0.337 e. The number of hydrogen-bond acceptors (Lipinski definition) is 3. The van der Waals surface area contributed by atoms with Gasteiger partial charge in [0.2, 0.25) is 5.91 Å². The van der Waals surface area contributed by atoms with E-state index in [0.29, 0.717) is 17.8 Å². The van der Waals surface area contributed by atoms with Gasteiger partial charge in [-0.25, -0.2) is 0 Å². The van der Waals surface area contributed by atoms with Crippen LogP contribution >= 0.6 is 11.6 Å². The van der Waals surface area contributed by atoms with Crippen molar-refractivity contribution in [3.8, 4) is 0 Å². The number of benzene rings is 2. The summed E-state index contributed by atoms with van der Waals surface area (Å²) >= 11 is 5.95. The van der Waals surface area contributed by atoms with Crippen LogP contribution in [0.15, 0.2) is 48.5 Å². The van der Waals surface area contributed by atoms with Crippen LogP contribution in [0.1, 0.15) is 29.3 Å². The van der Waals surface area contributed by atoms with E-state index in [0.717, 1.165) is 37.6 Å². The van der Waals surface area contributed by atoms with Gasteiger partial charge in [0.05, 0.1) is 0 Å². The monoisotopic (exact) mass is 385 g/mol. The van der Waals surface area contributed by atoms with E-state index < -0.39 is 0 Å². The number of nitrogens with zero attached hydrogens (tertiary/aromatic N) is 2. The Morgan fingerprint density at radius 1 is 0.963 bits per heavy atom. The topological polar surface area (TPSA) is 52.7 Å². The molecule has 6 heteroatoms. The Kier molecular flexibility index (Phi) is 6.48. The number of nitrogens with one attached hydrogen (secondary N) is 1. The summed E-state index contributed by atoms with van der Waals surface area (Å²) in [6.45, 7) is 5.60. The maximum atomic E-state index is 12.8. The van der Waals surface area contributed by atoms with E-state index in [9.17, 15) is 9.59 Å². The summed E-state index contributed by atoms with van der Waals surface area (Å²) < 4.78 is 0. The molecule has 1 N–H and O–H groups in total. The van der Waals surface area contributed by atoms with Gasteiger partial charge in [0.25, 0.3) is 5.91 Å². The first-order valence-corrected chi connectivity index (χ1v) is 9.53. The van der Waals surface area contributed by atoms with Crippen LogP contribution in [-0.4, -0.2) is 47.8 Å². The predicted octanol–water partition coefficient (Wildman–Crippen LogP) is 3.65. The minimum atomic E-state index is -0.123. The average molecular weight is 386 g/mol. The third-order valence-electron chi connectivity index (χ3n) is 4.65. The highest BCUT2D eigenvalue weighted by Crippen LogP contribution is 2.16. The van der Waals surface area contributed by atoms with E-state index in [2.05, 4.69) is 10.2 Å². The van der Waals surface area contributed by atoms with Crippen LogP contribution in [0.2, 0.25) is 5.02 Å². The smallest absolute Gasteiger partial charge is 0.253 e. The van der Waals surface area contributed by atoms with Crippen LogP contribution in [0.3, 0.4) is 0 Å². The molecule has 0 spiro atoms. The molecule has 5 nitrogen and oxygen atoms in total. The second kappa shape index (κ2) is 9.02. The summed E-state index contributed by atoms with van der Waals surface area (Å²) in [5.41, 5.74) is 2.58. The fourth-order valence-corrected chi connectivity index (χ4v) is 3.39. The Morgan fingerprint density at radius 3 is 2.33 bits per heavy atom. The molecule has 0 bridgehead atoms. The molecule has 142 valence electrons. The molecule has 0 saturated carbocycles. The van der Waals surface area contributed by atoms with Crippen molar-refractivity contribution in [1.82, 2.24) is 9.80 Å². The van der Waals surface area contributed by atoms with E-state index in [1.165, 1.54) is 12.5 Å². The van der Waals surface area contributed by atoms with Crippen molar-refractivity contribution in [3.63, 3.8) is 0 Å². The van der Waals surface area contributed by atoms with E-state index in [4.69, 9.17) is 11.6 Å². The van der Waals surface area contributed by atoms with Crippen molar-refractivity contribution in [2.24, 2.45) is 0 Å². The van der Waals surface area contributed by atoms with Crippen molar-refractivity contribution in [3.05, 3.63) is 64.7 Å². The lowest BCUT2D eigenvalue weighted by molar-refractivity contribution is -0.114. The molecule has 1 heterocycles. The molecule has 2 aromatic rings. The van der Waals surface area contributed by atoms with Crippen molar-refractivity contribution < 1.29 is 9.59 Å². The summed E-state index contributed by atoms with van der Waals surface area (Å²) in [7, 11) is 0. The third-order valence-corrected chi connectivity index (χ3v) is 4.90. The molecule has 1 aliphatic heterocycles. The second-order valence-electron chi connectivity index (χ2n) is 6.81. The molecule has 2 aromatic carbocycles. The summed E-state index contributed by atoms with van der Waals surface area (Å²) in [5, 5.41) is 3.46. The van der Waals surface area contributed by atoms with Gasteiger partial charge >= 0.3 is 0 Å². The predicted molar refractivity (Wildman–Crippen MR) is 108 cm³/mol. The lowest BCUT2D eigenvalue weighted by Crippen LogP contribution is -2.35. The van der Waals surface area contributed by atoms with Crippen molar-refractivity contribution in [1.29, 1.82) is 0 Å². The molecule has 3 rings (SSSR count). The lowest BCUT2D eigenvalue weighted by Gasteiger charge is -2.22. The van der Waals surface area contributed by atoms with Crippen LogP contribution in [0.25, 0.3) is 0 Å². The van der Waals surface area contributed by atoms with Crippen LogP contribution in [-0.2, 0) is 11.3 Å². The van der Waals surface area contributed by atoms with Crippen LogP contribution < -0.4 is 5.32 Å². The molecule has 0 radical (unpaired) electrons. The van der Waals surface area contributed by atoms with Gasteiger partial charge in [-0.3, -0.25) is 14.5 Å². The van der Waals surface area contributed by atoms with E-state index in [1.54, 1.807) is 24.3 Å². The van der Waals surface area contributed by atoms with Gasteiger partial charge in [-0.1, -0.05) is 23.7 Å².